The molecule has 0 saturated heterocycles. The molecule has 1 N–H and O–H groups in total. The van der Waals surface area contributed by atoms with Crippen molar-refractivity contribution in [3.63, 3.8) is 0 Å². The lowest BCUT2D eigenvalue weighted by atomic mass is 10.0. The highest BCUT2D eigenvalue weighted by molar-refractivity contribution is 5.69. The molecular formula is C42H76O4. The zero-order valence-corrected chi connectivity index (χ0v) is 30.6. The van der Waals surface area contributed by atoms with E-state index in [0.717, 1.165) is 44.9 Å². The van der Waals surface area contributed by atoms with Crippen molar-refractivity contribution < 1.29 is 19.4 Å². The first kappa shape index (κ1) is 44.4. The summed E-state index contributed by atoms with van der Waals surface area (Å²) in [6.07, 6.45) is 50.2. The van der Waals surface area contributed by atoms with Gasteiger partial charge in [-0.3, -0.25) is 4.79 Å². The minimum absolute atomic E-state index is 0.171. The molecule has 268 valence electrons. The van der Waals surface area contributed by atoms with Crippen molar-refractivity contribution in [2.24, 2.45) is 0 Å². The van der Waals surface area contributed by atoms with Crippen molar-refractivity contribution in [1.29, 1.82) is 0 Å². The lowest BCUT2D eigenvalue weighted by Crippen LogP contribution is -2.27. The van der Waals surface area contributed by atoms with Gasteiger partial charge in [-0.2, -0.15) is 0 Å². The Morgan fingerprint density at radius 1 is 0.543 bits per heavy atom. The Morgan fingerprint density at radius 3 is 1.48 bits per heavy atom. The van der Waals surface area contributed by atoms with Crippen LogP contribution in [0.3, 0.4) is 0 Å². The Kier molecular flexibility index (Phi) is 38.1. The summed E-state index contributed by atoms with van der Waals surface area (Å²) in [6.45, 7) is 5.23. The number of hydrogen-bond donors (Lipinski definition) is 1. The molecule has 0 aliphatic heterocycles. The third-order valence-electron chi connectivity index (χ3n) is 8.42. The van der Waals surface area contributed by atoms with Gasteiger partial charge in [0.1, 0.15) is 6.10 Å². The van der Waals surface area contributed by atoms with Crippen LogP contribution >= 0.6 is 0 Å². The van der Waals surface area contributed by atoms with E-state index in [1.807, 2.05) is 0 Å². The Morgan fingerprint density at radius 2 is 0.978 bits per heavy atom. The maximum Gasteiger partial charge on any atom is 0.306 e. The minimum atomic E-state index is -0.531. The van der Waals surface area contributed by atoms with Crippen LogP contribution in [0.25, 0.3) is 0 Å². The fraction of sp³-hybridized carbons (Fsp3) is 0.786. The number of ether oxygens (including phenoxy) is 2. The van der Waals surface area contributed by atoms with Crippen LogP contribution < -0.4 is 0 Å². The lowest BCUT2D eigenvalue weighted by Gasteiger charge is -2.16. The van der Waals surface area contributed by atoms with E-state index in [4.69, 9.17) is 9.47 Å². The van der Waals surface area contributed by atoms with Gasteiger partial charge in [-0.25, -0.2) is 0 Å². The molecule has 0 aromatic rings. The highest BCUT2D eigenvalue weighted by Gasteiger charge is 2.13. The van der Waals surface area contributed by atoms with Crippen molar-refractivity contribution in [1.82, 2.24) is 0 Å². The van der Waals surface area contributed by atoms with E-state index in [1.54, 1.807) is 0 Å². The fourth-order valence-electron chi connectivity index (χ4n) is 5.50. The SMILES string of the molecule is CC/C=C\C/C=C\C/C=C\C/C=C\CCCCCCCCCCCCCCC(=O)OC(CO)COCCCCCCCCCCC. The van der Waals surface area contributed by atoms with Gasteiger partial charge in [0, 0.05) is 13.0 Å². The number of allylic oxidation sites excluding steroid dienone is 8. The molecule has 0 fully saturated rings. The second kappa shape index (κ2) is 39.5. The number of carbonyl (C=O) groups is 1. The Bertz CT molecular complexity index is 723. The monoisotopic (exact) mass is 645 g/mol. The molecule has 0 bridgehead atoms. The van der Waals surface area contributed by atoms with Gasteiger partial charge >= 0.3 is 5.97 Å². The van der Waals surface area contributed by atoms with Crippen LogP contribution in [0.4, 0.5) is 0 Å². The minimum Gasteiger partial charge on any atom is -0.457 e. The first-order valence-corrected chi connectivity index (χ1v) is 19.7. The summed E-state index contributed by atoms with van der Waals surface area (Å²) >= 11 is 0. The maximum atomic E-state index is 12.1. The molecule has 0 spiro atoms. The fourth-order valence-corrected chi connectivity index (χ4v) is 5.50. The van der Waals surface area contributed by atoms with Crippen molar-refractivity contribution >= 4 is 5.97 Å². The third kappa shape index (κ3) is 36.8. The van der Waals surface area contributed by atoms with Crippen molar-refractivity contribution in [3.05, 3.63) is 48.6 Å². The second-order valence-electron chi connectivity index (χ2n) is 13.0. The van der Waals surface area contributed by atoms with Crippen LogP contribution in [0.1, 0.15) is 187 Å². The first-order valence-electron chi connectivity index (χ1n) is 19.7. The van der Waals surface area contributed by atoms with E-state index in [9.17, 15) is 9.90 Å². The molecule has 0 aromatic heterocycles. The van der Waals surface area contributed by atoms with Gasteiger partial charge in [0.2, 0.25) is 0 Å². The summed E-state index contributed by atoms with van der Waals surface area (Å²) in [4.78, 5) is 12.1. The highest BCUT2D eigenvalue weighted by Crippen LogP contribution is 2.14. The average molecular weight is 645 g/mol. The van der Waals surface area contributed by atoms with Gasteiger partial charge in [0.15, 0.2) is 0 Å². The molecule has 4 nitrogen and oxygen atoms in total. The van der Waals surface area contributed by atoms with E-state index in [1.165, 1.54) is 122 Å². The molecule has 0 rings (SSSR count). The average Bonchev–Trinajstić information content (AvgIpc) is 3.06. The maximum absolute atomic E-state index is 12.1. The van der Waals surface area contributed by atoms with Gasteiger partial charge < -0.3 is 14.6 Å². The van der Waals surface area contributed by atoms with Crippen LogP contribution in [-0.4, -0.2) is 37.0 Å². The quantitative estimate of drug-likeness (QED) is 0.0419. The second-order valence-corrected chi connectivity index (χ2v) is 13.0. The number of aliphatic hydroxyl groups excluding tert-OH is 1. The normalized spacial score (nSPS) is 12.8. The molecule has 0 heterocycles. The van der Waals surface area contributed by atoms with E-state index in [2.05, 4.69) is 62.5 Å². The van der Waals surface area contributed by atoms with Crippen LogP contribution in [0.5, 0.6) is 0 Å². The number of rotatable bonds is 36. The van der Waals surface area contributed by atoms with Crippen molar-refractivity contribution in [2.75, 3.05) is 19.8 Å². The molecule has 0 aliphatic rings. The van der Waals surface area contributed by atoms with Gasteiger partial charge in [-0.1, -0.05) is 178 Å². The highest BCUT2D eigenvalue weighted by atomic mass is 16.6. The van der Waals surface area contributed by atoms with Crippen LogP contribution in [-0.2, 0) is 14.3 Å². The molecule has 1 unspecified atom stereocenters. The predicted octanol–water partition coefficient (Wildman–Crippen LogP) is 12.7. The molecule has 0 aliphatic carbocycles. The largest absolute Gasteiger partial charge is 0.457 e. The molecule has 46 heavy (non-hydrogen) atoms. The molecule has 4 heteroatoms. The first-order chi connectivity index (χ1) is 22.7. The Labute approximate surface area is 286 Å². The van der Waals surface area contributed by atoms with E-state index in [-0.39, 0.29) is 12.6 Å². The van der Waals surface area contributed by atoms with Gasteiger partial charge in [0.05, 0.1) is 13.2 Å². The van der Waals surface area contributed by atoms with E-state index >= 15 is 0 Å². The molecule has 0 amide bonds. The molecule has 0 aromatic carbocycles. The smallest absolute Gasteiger partial charge is 0.306 e. The van der Waals surface area contributed by atoms with Crippen molar-refractivity contribution in [3.8, 4) is 0 Å². The Hall–Kier alpha value is -1.65. The molecule has 1 atom stereocenters. The zero-order valence-electron chi connectivity index (χ0n) is 30.6. The summed E-state index contributed by atoms with van der Waals surface area (Å²) in [6, 6.07) is 0. The van der Waals surface area contributed by atoms with Crippen LogP contribution in [0, 0.1) is 0 Å². The third-order valence-corrected chi connectivity index (χ3v) is 8.42. The molecule has 0 radical (unpaired) electrons. The number of aliphatic hydroxyl groups is 1. The number of carbonyl (C=O) groups excluding carboxylic acids is 1. The van der Waals surface area contributed by atoms with Crippen LogP contribution in [0.15, 0.2) is 48.6 Å². The summed E-state index contributed by atoms with van der Waals surface area (Å²) in [5, 5.41) is 9.54. The van der Waals surface area contributed by atoms with Crippen LogP contribution in [0.2, 0.25) is 0 Å². The summed E-state index contributed by atoms with van der Waals surface area (Å²) in [5.74, 6) is -0.204. The lowest BCUT2D eigenvalue weighted by molar-refractivity contribution is -0.154. The predicted molar refractivity (Wildman–Crippen MR) is 200 cm³/mol. The molecule has 0 saturated carbocycles. The van der Waals surface area contributed by atoms with Gasteiger partial charge in [-0.05, 0) is 51.4 Å². The summed E-state index contributed by atoms with van der Waals surface area (Å²) < 4.78 is 11.1. The van der Waals surface area contributed by atoms with Crippen molar-refractivity contribution in [2.45, 2.75) is 193 Å². The number of hydrogen-bond acceptors (Lipinski definition) is 4. The van der Waals surface area contributed by atoms with E-state index in [0.29, 0.717) is 19.6 Å². The Balaban J connectivity index is 3.42. The van der Waals surface area contributed by atoms with Gasteiger partial charge in [-0.15, -0.1) is 0 Å². The standard InChI is InChI=1S/C42H76O4/c1-3-5-7-9-11-13-14-15-16-17-18-19-20-21-22-23-24-25-26-27-28-29-31-33-35-37-42(44)46-41(39-43)40-45-38-36-34-32-30-12-10-8-6-4-2/h5,7,11,13,15-16,18-19,41,43H,3-4,6,8-10,12,14,17,20-40H2,1-2H3/b7-5-,13-11-,16-15-,19-18-. The summed E-state index contributed by atoms with van der Waals surface area (Å²) in [5.41, 5.74) is 0. The molecular weight excluding hydrogens is 568 g/mol. The van der Waals surface area contributed by atoms with Gasteiger partial charge in [0.25, 0.3) is 0 Å². The zero-order chi connectivity index (χ0) is 33.4. The number of esters is 1. The summed E-state index contributed by atoms with van der Waals surface area (Å²) in [7, 11) is 0. The van der Waals surface area contributed by atoms with E-state index < -0.39 is 6.10 Å². The topological polar surface area (TPSA) is 55.8 Å². The number of unbranched alkanes of at least 4 members (excludes halogenated alkanes) is 20.